The van der Waals surface area contributed by atoms with Gasteiger partial charge in [-0.05, 0) is 39.7 Å². The van der Waals surface area contributed by atoms with Crippen molar-refractivity contribution in [1.29, 1.82) is 0 Å². The van der Waals surface area contributed by atoms with Gasteiger partial charge < -0.3 is 15.3 Å². The molecule has 3 rings (SSSR count). The Bertz CT molecular complexity index is 704. The first kappa shape index (κ1) is 14.8. The number of aliphatic hydroxyl groups is 1. The first-order valence-electron chi connectivity index (χ1n) is 7.47. The van der Waals surface area contributed by atoms with Crippen LogP contribution in [-0.2, 0) is 0 Å². The fraction of sp³-hybridized carbons (Fsp3) is 0.533. The van der Waals surface area contributed by atoms with Gasteiger partial charge in [0, 0.05) is 17.6 Å². The molecule has 118 valence electrons. The number of fused-ring (bicyclic) bond motifs is 1. The molecule has 0 aromatic carbocycles. The molecule has 3 heterocycles. The predicted molar refractivity (Wildman–Crippen MR) is 83.7 cm³/mol. The standard InChI is InChI=1S/C15H21N5O2/c1-9-11-7-10(8-16-13(11)19-18-9)17-14(21)20-6-4-5-12(20)15(2,3)22/h7-8,12,22H,4-6H2,1-3H3,(H,17,21)(H,16,18,19). The fourth-order valence-electron chi connectivity index (χ4n) is 3.03. The number of nitrogens with zero attached hydrogens (tertiary/aromatic N) is 3. The summed E-state index contributed by atoms with van der Waals surface area (Å²) >= 11 is 0. The summed E-state index contributed by atoms with van der Waals surface area (Å²) in [5.41, 5.74) is 1.26. The monoisotopic (exact) mass is 303 g/mol. The zero-order valence-electron chi connectivity index (χ0n) is 13.1. The normalized spacial score (nSPS) is 18.9. The van der Waals surface area contributed by atoms with E-state index in [1.807, 2.05) is 13.0 Å². The minimum Gasteiger partial charge on any atom is -0.388 e. The summed E-state index contributed by atoms with van der Waals surface area (Å²) in [6.45, 7) is 6.05. The van der Waals surface area contributed by atoms with Gasteiger partial charge in [-0.3, -0.25) is 5.10 Å². The Morgan fingerprint density at radius 2 is 2.32 bits per heavy atom. The Morgan fingerprint density at radius 1 is 1.55 bits per heavy atom. The van der Waals surface area contributed by atoms with E-state index in [0.29, 0.717) is 17.9 Å². The minimum atomic E-state index is -0.906. The van der Waals surface area contributed by atoms with E-state index in [1.165, 1.54) is 0 Å². The molecule has 22 heavy (non-hydrogen) atoms. The third kappa shape index (κ3) is 2.64. The first-order valence-corrected chi connectivity index (χ1v) is 7.47. The zero-order chi connectivity index (χ0) is 15.9. The smallest absolute Gasteiger partial charge is 0.322 e. The lowest BCUT2D eigenvalue weighted by molar-refractivity contribution is 0.0117. The van der Waals surface area contributed by atoms with Gasteiger partial charge in [-0.15, -0.1) is 0 Å². The summed E-state index contributed by atoms with van der Waals surface area (Å²) in [5.74, 6) is 0. The zero-order valence-corrected chi connectivity index (χ0v) is 13.1. The van der Waals surface area contributed by atoms with Gasteiger partial charge in [0.1, 0.15) is 0 Å². The number of anilines is 1. The minimum absolute atomic E-state index is 0.167. The maximum absolute atomic E-state index is 12.5. The molecule has 0 radical (unpaired) electrons. The van der Waals surface area contributed by atoms with Gasteiger partial charge in [0.25, 0.3) is 0 Å². The number of carbonyl (C=O) groups is 1. The van der Waals surface area contributed by atoms with Crippen molar-refractivity contribution in [2.24, 2.45) is 0 Å². The van der Waals surface area contributed by atoms with Crippen molar-refractivity contribution in [1.82, 2.24) is 20.1 Å². The number of urea groups is 1. The van der Waals surface area contributed by atoms with E-state index >= 15 is 0 Å². The number of carbonyl (C=O) groups excluding carboxylic acids is 1. The number of hydrogen-bond acceptors (Lipinski definition) is 4. The highest BCUT2D eigenvalue weighted by atomic mass is 16.3. The van der Waals surface area contributed by atoms with Crippen molar-refractivity contribution in [3.63, 3.8) is 0 Å². The second-order valence-electron chi connectivity index (χ2n) is 6.38. The van der Waals surface area contributed by atoms with E-state index in [1.54, 1.807) is 24.9 Å². The van der Waals surface area contributed by atoms with Crippen LogP contribution in [0.5, 0.6) is 0 Å². The molecule has 2 amide bonds. The van der Waals surface area contributed by atoms with Gasteiger partial charge in [0.05, 0.1) is 23.5 Å². The highest BCUT2D eigenvalue weighted by Crippen LogP contribution is 2.27. The van der Waals surface area contributed by atoms with E-state index in [4.69, 9.17) is 0 Å². The molecule has 2 aromatic rings. The summed E-state index contributed by atoms with van der Waals surface area (Å²) in [6, 6.07) is 1.49. The number of aryl methyl sites for hydroxylation is 1. The number of rotatable bonds is 2. The molecule has 2 aromatic heterocycles. The Labute approximate surface area is 128 Å². The number of likely N-dealkylation sites (tertiary alicyclic amines) is 1. The van der Waals surface area contributed by atoms with Crippen LogP contribution in [0.1, 0.15) is 32.4 Å². The van der Waals surface area contributed by atoms with Gasteiger partial charge in [-0.2, -0.15) is 5.10 Å². The summed E-state index contributed by atoms with van der Waals surface area (Å²) in [4.78, 5) is 18.4. The summed E-state index contributed by atoms with van der Waals surface area (Å²) < 4.78 is 0. The molecule has 1 atom stereocenters. The van der Waals surface area contributed by atoms with Gasteiger partial charge >= 0.3 is 6.03 Å². The third-order valence-electron chi connectivity index (χ3n) is 4.18. The maximum atomic E-state index is 12.5. The number of aromatic nitrogens is 3. The van der Waals surface area contributed by atoms with E-state index in [-0.39, 0.29) is 12.1 Å². The van der Waals surface area contributed by atoms with Gasteiger partial charge in [0.2, 0.25) is 0 Å². The topological polar surface area (TPSA) is 94.1 Å². The third-order valence-corrected chi connectivity index (χ3v) is 4.18. The number of aromatic amines is 1. The second-order valence-corrected chi connectivity index (χ2v) is 6.38. The van der Waals surface area contributed by atoms with Crippen LogP contribution in [0.2, 0.25) is 0 Å². The molecule has 1 fully saturated rings. The number of amides is 2. The van der Waals surface area contributed by atoms with Crippen molar-refractivity contribution in [3.8, 4) is 0 Å². The molecule has 0 bridgehead atoms. The fourth-order valence-corrected chi connectivity index (χ4v) is 3.03. The van der Waals surface area contributed by atoms with Crippen LogP contribution in [-0.4, -0.2) is 49.4 Å². The lowest BCUT2D eigenvalue weighted by Gasteiger charge is -2.33. The van der Waals surface area contributed by atoms with Gasteiger partial charge in [0.15, 0.2) is 5.65 Å². The van der Waals surface area contributed by atoms with Crippen LogP contribution in [0.4, 0.5) is 10.5 Å². The largest absolute Gasteiger partial charge is 0.388 e. The molecule has 1 aliphatic rings. The molecule has 0 aliphatic carbocycles. The van der Waals surface area contributed by atoms with E-state index in [2.05, 4.69) is 20.5 Å². The highest BCUT2D eigenvalue weighted by Gasteiger charge is 2.38. The van der Waals surface area contributed by atoms with E-state index < -0.39 is 5.60 Å². The van der Waals surface area contributed by atoms with E-state index in [0.717, 1.165) is 23.9 Å². The quantitative estimate of drug-likeness (QED) is 0.791. The van der Waals surface area contributed by atoms with Crippen molar-refractivity contribution >= 4 is 22.8 Å². The average Bonchev–Trinajstić information content (AvgIpc) is 3.06. The Kier molecular flexibility index (Phi) is 3.52. The molecule has 7 heteroatoms. The highest BCUT2D eigenvalue weighted by molar-refractivity contribution is 5.92. The van der Waals surface area contributed by atoms with Crippen molar-refractivity contribution < 1.29 is 9.90 Å². The second kappa shape index (κ2) is 5.24. The maximum Gasteiger partial charge on any atom is 0.322 e. The summed E-state index contributed by atoms with van der Waals surface area (Å²) in [7, 11) is 0. The lowest BCUT2D eigenvalue weighted by Crippen LogP contribution is -2.49. The molecular weight excluding hydrogens is 282 g/mol. The van der Waals surface area contributed by atoms with Crippen molar-refractivity contribution in [3.05, 3.63) is 18.0 Å². The number of hydrogen-bond donors (Lipinski definition) is 3. The molecule has 7 nitrogen and oxygen atoms in total. The average molecular weight is 303 g/mol. The first-order chi connectivity index (χ1) is 10.4. The lowest BCUT2D eigenvalue weighted by atomic mass is 9.97. The van der Waals surface area contributed by atoms with Gasteiger partial charge in [-0.25, -0.2) is 9.78 Å². The molecule has 3 N–H and O–H groups in total. The van der Waals surface area contributed by atoms with Crippen LogP contribution in [0.15, 0.2) is 12.3 Å². The van der Waals surface area contributed by atoms with Crippen LogP contribution < -0.4 is 5.32 Å². The van der Waals surface area contributed by atoms with Crippen LogP contribution >= 0.6 is 0 Å². The van der Waals surface area contributed by atoms with Gasteiger partial charge in [-0.1, -0.05) is 0 Å². The SMILES string of the molecule is Cc1[nH]nc2ncc(NC(=O)N3CCCC3C(C)(C)O)cc12. The predicted octanol–water partition coefficient (Wildman–Crippen LogP) is 2.03. The molecule has 0 saturated carbocycles. The molecule has 1 aliphatic heterocycles. The number of pyridine rings is 1. The van der Waals surface area contributed by atoms with Crippen molar-refractivity contribution in [2.45, 2.75) is 45.3 Å². The van der Waals surface area contributed by atoms with Crippen molar-refractivity contribution in [2.75, 3.05) is 11.9 Å². The number of nitrogens with one attached hydrogen (secondary N) is 2. The van der Waals surface area contributed by atoms with Crippen LogP contribution in [0, 0.1) is 6.92 Å². The molecular formula is C15H21N5O2. The number of H-pyrrole nitrogens is 1. The Morgan fingerprint density at radius 3 is 3.05 bits per heavy atom. The summed E-state index contributed by atoms with van der Waals surface area (Å²) in [5, 5.41) is 20.9. The Hall–Kier alpha value is -2.15. The molecule has 1 saturated heterocycles. The summed E-state index contributed by atoms with van der Waals surface area (Å²) in [6.07, 6.45) is 3.31. The molecule has 1 unspecified atom stereocenters. The van der Waals surface area contributed by atoms with E-state index in [9.17, 15) is 9.90 Å². The van der Waals surface area contributed by atoms with Crippen LogP contribution in [0.25, 0.3) is 11.0 Å². The Balaban J connectivity index is 1.79. The molecule has 0 spiro atoms. The van der Waals surface area contributed by atoms with Crippen LogP contribution in [0.3, 0.4) is 0 Å².